The average molecular weight is 271 g/mol. The Hall–Kier alpha value is -1.81. The van der Waals surface area contributed by atoms with E-state index in [0.717, 1.165) is 18.8 Å². The van der Waals surface area contributed by atoms with Crippen LogP contribution in [0.15, 0.2) is 35.2 Å². The van der Waals surface area contributed by atoms with Crippen LogP contribution >= 0.6 is 0 Å². The lowest BCUT2D eigenvalue weighted by atomic mass is 10.2. The fourth-order valence-corrected chi connectivity index (χ4v) is 2.39. The minimum absolute atomic E-state index is 0.712. The predicted molar refractivity (Wildman–Crippen MR) is 79.7 cm³/mol. The van der Waals surface area contributed by atoms with Crippen LogP contribution in [-0.2, 0) is 13.1 Å². The molecule has 0 unspecified atom stereocenters. The molecule has 20 heavy (non-hydrogen) atoms. The second-order valence-corrected chi connectivity index (χ2v) is 5.52. The summed E-state index contributed by atoms with van der Waals surface area (Å²) in [7, 11) is 2.11. The molecule has 0 aromatic carbocycles. The van der Waals surface area contributed by atoms with Gasteiger partial charge in [-0.15, -0.1) is 0 Å². The lowest BCUT2D eigenvalue weighted by Crippen LogP contribution is -2.22. The molecule has 4 heteroatoms. The molecule has 2 heterocycles. The summed E-state index contributed by atoms with van der Waals surface area (Å²) >= 11 is 0. The highest BCUT2D eigenvalue weighted by molar-refractivity contribution is 5.52. The van der Waals surface area contributed by atoms with Crippen LogP contribution in [0.1, 0.15) is 29.7 Å². The molecule has 0 bridgehead atoms. The number of hydrogen-bond donors (Lipinski definition) is 1. The highest BCUT2D eigenvalue weighted by Crippen LogP contribution is 2.24. The average Bonchev–Trinajstić information content (AvgIpc) is 3.21. The van der Waals surface area contributed by atoms with Crippen LogP contribution in [0.5, 0.6) is 0 Å². The first kappa shape index (κ1) is 13.2. The molecular weight excluding hydrogens is 250 g/mol. The van der Waals surface area contributed by atoms with Gasteiger partial charge >= 0.3 is 0 Å². The second-order valence-electron chi connectivity index (χ2n) is 5.52. The molecule has 0 amide bonds. The van der Waals surface area contributed by atoms with E-state index in [2.05, 4.69) is 28.3 Å². The fraction of sp³-hybridized carbons (Fsp3) is 0.438. The number of aryl methyl sites for hydroxylation is 1. The summed E-state index contributed by atoms with van der Waals surface area (Å²) in [6.45, 7) is 3.75. The molecule has 0 spiro atoms. The number of nitrogens with one attached hydrogen (secondary N) is 1. The number of hydrogen-bond acceptors (Lipinski definition) is 4. The maximum Gasteiger partial charge on any atom is 0.105 e. The molecule has 1 N–H and O–H groups in total. The summed E-state index contributed by atoms with van der Waals surface area (Å²) in [5.74, 6) is 0.989. The van der Waals surface area contributed by atoms with Crippen molar-refractivity contribution in [3.05, 3.63) is 47.7 Å². The van der Waals surface area contributed by atoms with E-state index < -0.39 is 0 Å². The Kier molecular flexibility index (Phi) is 3.74. The lowest BCUT2D eigenvalue weighted by molar-refractivity contribution is 0.529. The predicted octanol–water partition coefficient (Wildman–Crippen LogP) is 2.87. The van der Waals surface area contributed by atoms with Crippen molar-refractivity contribution >= 4 is 5.69 Å². The Balaban J connectivity index is 1.72. The summed E-state index contributed by atoms with van der Waals surface area (Å²) in [6, 6.07) is 4.83. The Labute approximate surface area is 119 Å². The third-order valence-corrected chi connectivity index (χ3v) is 3.82. The van der Waals surface area contributed by atoms with Gasteiger partial charge in [0.25, 0.3) is 0 Å². The topological polar surface area (TPSA) is 41.3 Å². The van der Waals surface area contributed by atoms with Gasteiger partial charge in [0.15, 0.2) is 0 Å². The maximum atomic E-state index is 5.37. The van der Waals surface area contributed by atoms with Crippen LogP contribution in [0, 0.1) is 6.92 Å². The van der Waals surface area contributed by atoms with E-state index in [4.69, 9.17) is 4.42 Å². The molecule has 2 aromatic rings. The molecule has 1 fully saturated rings. The van der Waals surface area contributed by atoms with Gasteiger partial charge < -0.3 is 14.6 Å². The minimum atomic E-state index is 0.712. The van der Waals surface area contributed by atoms with Gasteiger partial charge in [0, 0.05) is 55.4 Å². The van der Waals surface area contributed by atoms with Crippen LogP contribution in [0.25, 0.3) is 0 Å². The molecule has 0 radical (unpaired) electrons. The smallest absolute Gasteiger partial charge is 0.105 e. The highest BCUT2D eigenvalue weighted by atomic mass is 16.3. The Morgan fingerprint density at radius 1 is 1.35 bits per heavy atom. The van der Waals surface area contributed by atoms with Gasteiger partial charge in [-0.2, -0.15) is 0 Å². The third-order valence-electron chi connectivity index (χ3n) is 3.82. The molecule has 0 saturated heterocycles. The number of rotatable bonds is 6. The van der Waals surface area contributed by atoms with Crippen molar-refractivity contribution in [2.45, 2.75) is 38.9 Å². The van der Waals surface area contributed by atoms with E-state index in [1.807, 2.05) is 25.4 Å². The fourth-order valence-electron chi connectivity index (χ4n) is 2.39. The van der Waals surface area contributed by atoms with Crippen LogP contribution < -0.4 is 10.2 Å². The minimum Gasteiger partial charge on any atom is -0.469 e. The molecule has 0 atom stereocenters. The largest absolute Gasteiger partial charge is 0.469 e. The van der Waals surface area contributed by atoms with Gasteiger partial charge in [0.05, 0.1) is 6.26 Å². The molecule has 1 aliphatic carbocycles. The molecule has 1 aliphatic rings. The summed E-state index contributed by atoms with van der Waals surface area (Å²) in [5, 5.41) is 3.55. The van der Waals surface area contributed by atoms with E-state index in [1.54, 1.807) is 6.26 Å². The van der Waals surface area contributed by atoms with Gasteiger partial charge in [-0.1, -0.05) is 0 Å². The zero-order valence-corrected chi connectivity index (χ0v) is 12.1. The van der Waals surface area contributed by atoms with E-state index in [9.17, 15) is 0 Å². The zero-order chi connectivity index (χ0) is 13.9. The van der Waals surface area contributed by atoms with E-state index >= 15 is 0 Å². The molecule has 106 valence electrons. The van der Waals surface area contributed by atoms with Gasteiger partial charge in [0.2, 0.25) is 0 Å². The van der Waals surface area contributed by atoms with Crippen LogP contribution in [-0.4, -0.2) is 18.1 Å². The van der Waals surface area contributed by atoms with E-state index in [0.29, 0.717) is 6.04 Å². The molecule has 3 rings (SSSR count). The lowest BCUT2D eigenvalue weighted by Gasteiger charge is -2.22. The highest BCUT2D eigenvalue weighted by Gasteiger charge is 2.21. The molecule has 1 saturated carbocycles. The summed E-state index contributed by atoms with van der Waals surface area (Å²) in [6.07, 6.45) is 8.18. The number of aromatic nitrogens is 1. The van der Waals surface area contributed by atoms with Gasteiger partial charge in [0.1, 0.15) is 5.76 Å². The number of anilines is 1. The molecule has 0 aliphatic heterocycles. The van der Waals surface area contributed by atoms with Crippen molar-refractivity contribution in [3.8, 4) is 0 Å². The maximum absolute atomic E-state index is 5.37. The van der Waals surface area contributed by atoms with Crippen LogP contribution in [0.3, 0.4) is 0 Å². The van der Waals surface area contributed by atoms with Crippen molar-refractivity contribution in [3.63, 3.8) is 0 Å². The Bertz CT molecular complexity index is 575. The van der Waals surface area contributed by atoms with Gasteiger partial charge in [-0.25, -0.2) is 0 Å². The standard InChI is InChI=1S/C16H21N3O/c1-12-13(6-8-20-12)11-19(2)16-5-7-17-9-14(16)10-18-15-3-4-15/h5-9,15,18H,3-4,10-11H2,1-2H3. The van der Waals surface area contributed by atoms with Gasteiger partial charge in [-0.3, -0.25) is 4.98 Å². The Morgan fingerprint density at radius 3 is 2.90 bits per heavy atom. The van der Waals surface area contributed by atoms with E-state index in [1.165, 1.54) is 29.7 Å². The SMILES string of the molecule is Cc1occc1CN(C)c1ccncc1CNC1CC1. The van der Waals surface area contributed by atoms with Crippen molar-refractivity contribution in [1.29, 1.82) is 0 Å². The second kappa shape index (κ2) is 5.67. The molecular formula is C16H21N3O. The van der Waals surface area contributed by atoms with Crippen molar-refractivity contribution in [2.75, 3.05) is 11.9 Å². The summed E-state index contributed by atoms with van der Waals surface area (Å²) < 4.78 is 5.37. The number of nitrogens with zero attached hydrogens (tertiary/aromatic N) is 2. The number of furan rings is 1. The van der Waals surface area contributed by atoms with Crippen LogP contribution in [0.2, 0.25) is 0 Å². The number of pyridine rings is 1. The Morgan fingerprint density at radius 2 is 2.20 bits per heavy atom. The van der Waals surface area contributed by atoms with Crippen molar-refractivity contribution < 1.29 is 4.42 Å². The first-order valence-electron chi connectivity index (χ1n) is 7.14. The summed E-state index contributed by atoms with van der Waals surface area (Å²) in [5.41, 5.74) is 3.71. The quantitative estimate of drug-likeness (QED) is 0.877. The first-order chi connectivity index (χ1) is 9.74. The third kappa shape index (κ3) is 3.02. The van der Waals surface area contributed by atoms with Crippen molar-refractivity contribution in [1.82, 2.24) is 10.3 Å². The first-order valence-corrected chi connectivity index (χ1v) is 7.14. The molecule has 2 aromatic heterocycles. The van der Waals surface area contributed by atoms with Crippen LogP contribution in [0.4, 0.5) is 5.69 Å². The van der Waals surface area contributed by atoms with Crippen molar-refractivity contribution in [2.24, 2.45) is 0 Å². The van der Waals surface area contributed by atoms with E-state index in [-0.39, 0.29) is 0 Å². The zero-order valence-electron chi connectivity index (χ0n) is 12.1. The monoisotopic (exact) mass is 271 g/mol. The normalized spacial score (nSPS) is 14.5. The summed E-state index contributed by atoms with van der Waals surface area (Å²) in [4.78, 5) is 6.51. The van der Waals surface area contributed by atoms with Gasteiger partial charge in [-0.05, 0) is 31.9 Å². The molecule has 4 nitrogen and oxygen atoms in total.